The van der Waals surface area contributed by atoms with E-state index in [9.17, 15) is 10.1 Å². The van der Waals surface area contributed by atoms with Gasteiger partial charge in [0.25, 0.3) is 0 Å². The highest BCUT2D eigenvalue weighted by Crippen LogP contribution is 2.23. The van der Waals surface area contributed by atoms with Gasteiger partial charge in [-0.25, -0.2) is 0 Å². The second kappa shape index (κ2) is 5.14. The van der Waals surface area contributed by atoms with E-state index in [0.29, 0.717) is 23.0 Å². The largest absolute Gasteiger partial charge is 0.404 e. The van der Waals surface area contributed by atoms with Crippen LogP contribution in [0.1, 0.15) is 19.8 Å². The number of nitrogens with zero attached hydrogens (tertiary/aromatic N) is 3. The average Bonchev–Trinajstić information content (AvgIpc) is 3.00. The van der Waals surface area contributed by atoms with Crippen molar-refractivity contribution >= 4 is 21.7 Å². The average molecular weight is 303 g/mol. The Bertz CT molecular complexity index is 416. The lowest BCUT2D eigenvalue weighted by atomic mass is 10.2. The minimum Gasteiger partial charge on any atom is -0.358 e. The molecule has 1 aliphatic carbocycles. The lowest BCUT2D eigenvalue weighted by Crippen LogP contribution is -2.25. The van der Waals surface area contributed by atoms with Gasteiger partial charge >= 0.3 is 5.82 Å². The van der Waals surface area contributed by atoms with Gasteiger partial charge in [-0.3, -0.25) is 0 Å². The molecule has 1 aliphatic rings. The predicted octanol–water partition coefficient (Wildman–Crippen LogP) is 1.94. The normalized spacial score (nSPS) is 17.1. The van der Waals surface area contributed by atoms with Crippen molar-refractivity contribution in [2.45, 2.75) is 32.4 Å². The van der Waals surface area contributed by atoms with E-state index in [1.807, 2.05) is 0 Å². The van der Waals surface area contributed by atoms with Crippen molar-refractivity contribution in [2.24, 2.45) is 5.92 Å². The summed E-state index contributed by atoms with van der Waals surface area (Å²) in [6.45, 7) is 3.72. The van der Waals surface area contributed by atoms with Crippen molar-refractivity contribution in [3.63, 3.8) is 0 Å². The lowest BCUT2D eigenvalue weighted by Gasteiger charge is -2.09. The molecule has 1 heterocycles. The molecular weight excluding hydrogens is 288 g/mol. The first-order valence-corrected chi connectivity index (χ1v) is 6.46. The zero-order valence-corrected chi connectivity index (χ0v) is 11.2. The van der Waals surface area contributed by atoms with Crippen molar-refractivity contribution in [3.05, 3.63) is 20.8 Å². The summed E-state index contributed by atoms with van der Waals surface area (Å²) in [6, 6.07) is 0.691. The van der Waals surface area contributed by atoms with Gasteiger partial charge in [-0.05, 0) is 46.2 Å². The second-order valence-corrected chi connectivity index (χ2v) is 5.42. The SMILES string of the molecule is CC(CNC1CC1)Cn1cc(Br)c([N+](=O)[O-])n1. The highest BCUT2D eigenvalue weighted by atomic mass is 79.9. The number of nitrogens with one attached hydrogen (secondary N) is 1. The van der Waals surface area contributed by atoms with Crippen LogP contribution in [0, 0.1) is 16.0 Å². The number of hydrogen-bond donors (Lipinski definition) is 1. The lowest BCUT2D eigenvalue weighted by molar-refractivity contribution is -0.390. The Labute approximate surface area is 108 Å². The van der Waals surface area contributed by atoms with E-state index in [1.165, 1.54) is 12.8 Å². The van der Waals surface area contributed by atoms with Gasteiger partial charge in [-0.1, -0.05) is 6.92 Å². The monoisotopic (exact) mass is 302 g/mol. The van der Waals surface area contributed by atoms with E-state index in [1.54, 1.807) is 10.9 Å². The summed E-state index contributed by atoms with van der Waals surface area (Å²) in [6.07, 6.45) is 4.20. The zero-order chi connectivity index (χ0) is 12.4. The Kier molecular flexibility index (Phi) is 3.78. The Morgan fingerprint density at radius 1 is 1.76 bits per heavy atom. The summed E-state index contributed by atoms with van der Waals surface area (Å²) in [4.78, 5) is 10.2. The number of rotatable bonds is 6. The summed E-state index contributed by atoms with van der Waals surface area (Å²) in [5.41, 5.74) is 0. The predicted molar refractivity (Wildman–Crippen MR) is 66.8 cm³/mol. The molecule has 94 valence electrons. The summed E-state index contributed by atoms with van der Waals surface area (Å²) in [5, 5.41) is 18.0. The summed E-state index contributed by atoms with van der Waals surface area (Å²) in [7, 11) is 0. The molecule has 6 nitrogen and oxygen atoms in total. The van der Waals surface area contributed by atoms with Crippen LogP contribution in [0.4, 0.5) is 5.82 Å². The first-order valence-electron chi connectivity index (χ1n) is 5.67. The molecule has 0 saturated heterocycles. The zero-order valence-electron chi connectivity index (χ0n) is 9.60. The molecule has 0 amide bonds. The summed E-state index contributed by atoms with van der Waals surface area (Å²) in [5.74, 6) is 0.286. The topological polar surface area (TPSA) is 73.0 Å². The number of hydrogen-bond acceptors (Lipinski definition) is 4. The fourth-order valence-electron chi connectivity index (χ4n) is 1.64. The molecule has 0 aliphatic heterocycles. The molecule has 1 fully saturated rings. The van der Waals surface area contributed by atoms with E-state index >= 15 is 0 Å². The minimum absolute atomic E-state index is 0.118. The van der Waals surface area contributed by atoms with Crippen LogP contribution in [0.25, 0.3) is 0 Å². The van der Waals surface area contributed by atoms with Crippen molar-refractivity contribution < 1.29 is 4.92 Å². The fraction of sp³-hybridized carbons (Fsp3) is 0.700. The van der Waals surface area contributed by atoms with Crippen molar-refractivity contribution in [1.29, 1.82) is 0 Å². The van der Waals surface area contributed by atoms with E-state index < -0.39 is 4.92 Å². The molecule has 1 saturated carbocycles. The second-order valence-electron chi connectivity index (χ2n) is 4.57. The maximum Gasteiger partial charge on any atom is 0.404 e. The number of halogens is 1. The van der Waals surface area contributed by atoms with Crippen LogP contribution < -0.4 is 5.32 Å². The Morgan fingerprint density at radius 3 is 3.00 bits per heavy atom. The maximum atomic E-state index is 10.6. The van der Waals surface area contributed by atoms with Crippen molar-refractivity contribution in [1.82, 2.24) is 15.1 Å². The third kappa shape index (κ3) is 3.50. The van der Waals surface area contributed by atoms with Crippen LogP contribution in [0.2, 0.25) is 0 Å². The Morgan fingerprint density at radius 2 is 2.47 bits per heavy atom. The highest BCUT2D eigenvalue weighted by Gasteiger charge is 2.22. The van der Waals surface area contributed by atoms with E-state index in [4.69, 9.17) is 0 Å². The molecule has 0 spiro atoms. The van der Waals surface area contributed by atoms with Crippen LogP contribution in [0.5, 0.6) is 0 Å². The van der Waals surface area contributed by atoms with Crippen LogP contribution in [0.3, 0.4) is 0 Å². The van der Waals surface area contributed by atoms with Gasteiger partial charge in [0, 0.05) is 6.04 Å². The number of nitro groups is 1. The van der Waals surface area contributed by atoms with E-state index in [-0.39, 0.29) is 5.82 Å². The van der Waals surface area contributed by atoms with Crippen LogP contribution >= 0.6 is 15.9 Å². The Hall–Kier alpha value is -0.950. The first kappa shape index (κ1) is 12.5. The standard InChI is InChI=1S/C10H15BrN4O2/c1-7(4-12-8-2-3-8)5-14-6-9(11)10(13-14)15(16)17/h6-8,12H,2-5H2,1H3. The quantitative estimate of drug-likeness (QED) is 0.644. The maximum absolute atomic E-state index is 10.6. The molecule has 2 rings (SSSR count). The molecule has 0 radical (unpaired) electrons. The third-order valence-electron chi connectivity index (χ3n) is 2.70. The van der Waals surface area contributed by atoms with Crippen molar-refractivity contribution in [2.75, 3.05) is 6.54 Å². The fourth-order valence-corrected chi connectivity index (χ4v) is 2.10. The minimum atomic E-state index is -0.478. The van der Waals surface area contributed by atoms with Gasteiger partial charge in [0.05, 0.1) is 17.8 Å². The molecule has 1 unspecified atom stereocenters. The molecule has 17 heavy (non-hydrogen) atoms. The van der Waals surface area contributed by atoms with Gasteiger partial charge in [-0.15, -0.1) is 0 Å². The molecule has 1 N–H and O–H groups in total. The van der Waals surface area contributed by atoms with Gasteiger partial charge in [-0.2, -0.15) is 4.68 Å². The third-order valence-corrected chi connectivity index (χ3v) is 3.26. The number of aromatic nitrogens is 2. The van der Waals surface area contributed by atoms with Gasteiger partial charge in [0.15, 0.2) is 0 Å². The highest BCUT2D eigenvalue weighted by molar-refractivity contribution is 9.10. The molecular formula is C10H15BrN4O2. The van der Waals surface area contributed by atoms with Gasteiger partial charge in [0.1, 0.15) is 4.47 Å². The molecule has 0 aromatic carbocycles. The van der Waals surface area contributed by atoms with Crippen molar-refractivity contribution in [3.8, 4) is 0 Å². The summed E-state index contributed by atoms with van der Waals surface area (Å²) >= 11 is 3.14. The molecule has 7 heteroatoms. The van der Waals surface area contributed by atoms with Crippen LogP contribution in [0.15, 0.2) is 10.7 Å². The van der Waals surface area contributed by atoms with Gasteiger partial charge in [0.2, 0.25) is 0 Å². The molecule has 0 bridgehead atoms. The summed E-state index contributed by atoms with van der Waals surface area (Å²) < 4.78 is 2.06. The van der Waals surface area contributed by atoms with E-state index in [2.05, 4.69) is 33.3 Å². The van der Waals surface area contributed by atoms with Gasteiger partial charge < -0.3 is 15.4 Å². The first-order chi connectivity index (χ1) is 8.06. The molecule has 1 aromatic heterocycles. The van der Waals surface area contributed by atoms with Crippen LogP contribution in [-0.2, 0) is 6.54 Å². The molecule has 1 atom stereocenters. The Balaban J connectivity index is 1.88. The smallest absolute Gasteiger partial charge is 0.358 e. The molecule has 1 aromatic rings. The van der Waals surface area contributed by atoms with Crippen LogP contribution in [-0.4, -0.2) is 27.3 Å². The van der Waals surface area contributed by atoms with E-state index in [0.717, 1.165) is 6.54 Å².